The molecule has 0 aliphatic heterocycles. The summed E-state index contributed by atoms with van der Waals surface area (Å²) in [4.78, 5) is 16.2. The lowest BCUT2D eigenvalue weighted by atomic mass is 10.0. The highest BCUT2D eigenvalue weighted by Gasteiger charge is 2.17. The van der Waals surface area contributed by atoms with Crippen LogP contribution in [0.15, 0.2) is 206 Å². The van der Waals surface area contributed by atoms with Gasteiger partial charge >= 0.3 is 0 Å². The van der Waals surface area contributed by atoms with Gasteiger partial charge in [0.1, 0.15) is 0 Å². The summed E-state index contributed by atoms with van der Waals surface area (Å²) in [6.45, 7) is 0. The zero-order valence-corrected chi connectivity index (χ0v) is 32.1. The Balaban J connectivity index is 1.03. The Bertz CT molecular complexity index is 3150. The van der Waals surface area contributed by atoms with E-state index < -0.39 is 0 Å². The van der Waals surface area contributed by atoms with Crippen LogP contribution in [0.3, 0.4) is 0 Å². The van der Waals surface area contributed by atoms with E-state index in [9.17, 15) is 0 Å². The second kappa shape index (κ2) is 14.2. The summed E-state index contributed by atoms with van der Waals surface area (Å²) in [6.07, 6.45) is 0. The van der Waals surface area contributed by atoms with Gasteiger partial charge in [-0.1, -0.05) is 152 Å². The second-order valence-corrected chi connectivity index (χ2v) is 15.6. The second-order valence-electron chi connectivity index (χ2n) is 14.5. The van der Waals surface area contributed by atoms with E-state index in [1.54, 1.807) is 11.3 Å². The van der Waals surface area contributed by atoms with Crippen molar-refractivity contribution in [2.24, 2.45) is 0 Å². The molecule has 4 nitrogen and oxygen atoms in total. The molecule has 0 fully saturated rings. The summed E-state index contributed by atoms with van der Waals surface area (Å²) in [7, 11) is 0. The van der Waals surface area contributed by atoms with Crippen LogP contribution in [0.2, 0.25) is 0 Å². The Labute approximate surface area is 340 Å². The Morgan fingerprint density at radius 2 is 0.810 bits per heavy atom. The molecule has 0 radical (unpaired) electrons. The number of hydrogen-bond donors (Lipinski definition) is 0. The Morgan fingerprint density at radius 1 is 0.328 bits per heavy atom. The van der Waals surface area contributed by atoms with Crippen molar-refractivity contribution in [3.63, 3.8) is 0 Å². The molecular weight excluding hydrogens is 725 g/mol. The highest BCUT2D eigenvalue weighted by molar-refractivity contribution is 7.22. The maximum absolute atomic E-state index is 5.10. The van der Waals surface area contributed by atoms with Gasteiger partial charge in [-0.05, 0) is 93.4 Å². The van der Waals surface area contributed by atoms with Gasteiger partial charge in [0.25, 0.3) is 0 Å². The van der Waals surface area contributed by atoms with Crippen LogP contribution in [-0.2, 0) is 0 Å². The predicted molar refractivity (Wildman–Crippen MR) is 242 cm³/mol. The van der Waals surface area contributed by atoms with Crippen LogP contribution in [0.4, 0.5) is 0 Å². The van der Waals surface area contributed by atoms with E-state index in [4.69, 9.17) is 15.0 Å². The van der Waals surface area contributed by atoms with Crippen LogP contribution in [0, 0.1) is 0 Å². The van der Waals surface area contributed by atoms with Gasteiger partial charge < -0.3 is 4.57 Å². The Kier molecular flexibility index (Phi) is 8.30. The van der Waals surface area contributed by atoms with Crippen LogP contribution >= 0.6 is 11.3 Å². The molecule has 0 bridgehead atoms. The molecule has 3 heterocycles. The lowest BCUT2D eigenvalue weighted by Crippen LogP contribution is -1.99. The van der Waals surface area contributed by atoms with Gasteiger partial charge in [0, 0.05) is 32.3 Å². The zero-order valence-electron chi connectivity index (χ0n) is 31.3. The third kappa shape index (κ3) is 6.15. The van der Waals surface area contributed by atoms with E-state index in [-0.39, 0.29) is 0 Å². The monoisotopic (exact) mass is 758 g/mol. The largest absolute Gasteiger partial charge is 0.309 e. The molecule has 58 heavy (non-hydrogen) atoms. The van der Waals surface area contributed by atoms with Gasteiger partial charge in [0.2, 0.25) is 0 Å². The minimum atomic E-state index is 0.644. The molecule has 0 atom stereocenters. The van der Waals surface area contributed by atoms with Crippen molar-refractivity contribution in [2.75, 3.05) is 0 Å². The summed E-state index contributed by atoms with van der Waals surface area (Å²) in [5, 5.41) is 3.63. The van der Waals surface area contributed by atoms with Crippen LogP contribution in [0.1, 0.15) is 0 Å². The molecule has 0 saturated heterocycles. The zero-order chi connectivity index (χ0) is 38.4. The fourth-order valence-corrected chi connectivity index (χ4v) is 9.00. The summed E-state index contributed by atoms with van der Waals surface area (Å²) in [5.74, 6) is 1.97. The summed E-state index contributed by atoms with van der Waals surface area (Å²) < 4.78 is 3.61. The first-order valence-electron chi connectivity index (χ1n) is 19.4. The molecule has 8 aromatic carbocycles. The van der Waals surface area contributed by atoms with E-state index in [0.29, 0.717) is 17.5 Å². The van der Waals surface area contributed by atoms with Crippen LogP contribution < -0.4 is 0 Å². The van der Waals surface area contributed by atoms with E-state index in [2.05, 4.69) is 193 Å². The third-order valence-corrected chi connectivity index (χ3v) is 12.0. The Morgan fingerprint density at radius 3 is 1.45 bits per heavy atom. The first-order chi connectivity index (χ1) is 28.7. The van der Waals surface area contributed by atoms with E-state index in [1.165, 1.54) is 43.1 Å². The van der Waals surface area contributed by atoms with Crippen molar-refractivity contribution >= 4 is 43.2 Å². The molecule has 0 saturated carbocycles. The maximum Gasteiger partial charge on any atom is 0.174 e. The molecule has 0 aliphatic rings. The lowest BCUT2D eigenvalue weighted by Gasteiger charge is -2.12. The molecule has 11 rings (SSSR count). The van der Waals surface area contributed by atoms with Gasteiger partial charge in [-0.3, -0.25) is 0 Å². The molecule has 0 amide bonds. The number of benzene rings is 8. The number of nitrogens with zero attached hydrogens (tertiary/aromatic N) is 4. The highest BCUT2D eigenvalue weighted by atomic mass is 32.1. The van der Waals surface area contributed by atoms with Gasteiger partial charge in [-0.2, -0.15) is 0 Å². The first kappa shape index (κ1) is 33.8. The standard InChI is InChI=1S/C53H34N4S/c1-4-14-35(15-5-1)40-26-28-47-45(32-40)46-33-41(36-16-6-2-7-17-36)27-29-48(46)57(47)44-24-13-22-39(31-44)38-21-12-23-43(30-38)52-54-51(37-18-8-3-9-19-37)55-53(56-52)50-34-42-20-10-11-25-49(42)58-50/h1-34H. The molecule has 0 unspecified atom stereocenters. The molecule has 0 aliphatic carbocycles. The fourth-order valence-electron chi connectivity index (χ4n) is 8.01. The molecule has 11 aromatic rings. The molecule has 0 spiro atoms. The Hall–Kier alpha value is -7.47. The SMILES string of the molecule is c1ccc(-c2ccc3c(c2)c2cc(-c4ccccc4)ccc2n3-c2cccc(-c3cccc(-c4nc(-c5ccccc5)nc(-c5cc6ccccc6s5)n4)c3)c2)cc1. The number of fused-ring (bicyclic) bond motifs is 4. The fraction of sp³-hybridized carbons (Fsp3) is 0. The predicted octanol–water partition coefficient (Wildman–Crippen LogP) is 14.2. The third-order valence-electron chi connectivity index (χ3n) is 10.9. The van der Waals surface area contributed by atoms with Crippen molar-refractivity contribution in [2.45, 2.75) is 0 Å². The minimum absolute atomic E-state index is 0.644. The number of aromatic nitrogens is 4. The lowest BCUT2D eigenvalue weighted by molar-refractivity contribution is 1.08. The van der Waals surface area contributed by atoms with Crippen molar-refractivity contribution in [3.05, 3.63) is 206 Å². The number of rotatable bonds is 7. The van der Waals surface area contributed by atoms with Crippen LogP contribution in [-0.4, -0.2) is 19.5 Å². The minimum Gasteiger partial charge on any atom is -0.309 e. The molecule has 272 valence electrons. The van der Waals surface area contributed by atoms with E-state index in [0.717, 1.165) is 43.9 Å². The van der Waals surface area contributed by atoms with Crippen molar-refractivity contribution in [1.29, 1.82) is 0 Å². The molecular formula is C53H34N4S. The molecule has 3 aromatic heterocycles. The normalized spacial score (nSPS) is 11.4. The van der Waals surface area contributed by atoms with Gasteiger partial charge in [0.05, 0.1) is 15.9 Å². The average molecular weight is 759 g/mol. The quantitative estimate of drug-likeness (QED) is 0.163. The average Bonchev–Trinajstić information content (AvgIpc) is 3.89. The molecule has 5 heteroatoms. The summed E-state index contributed by atoms with van der Waals surface area (Å²) in [6, 6.07) is 73.1. The van der Waals surface area contributed by atoms with Gasteiger partial charge in [-0.25, -0.2) is 15.0 Å². The van der Waals surface area contributed by atoms with E-state index >= 15 is 0 Å². The maximum atomic E-state index is 5.10. The van der Waals surface area contributed by atoms with Crippen molar-refractivity contribution in [3.8, 4) is 72.5 Å². The van der Waals surface area contributed by atoms with Gasteiger partial charge in [-0.15, -0.1) is 11.3 Å². The first-order valence-corrected chi connectivity index (χ1v) is 20.2. The van der Waals surface area contributed by atoms with Crippen LogP contribution in [0.25, 0.3) is 104 Å². The summed E-state index contributed by atoms with van der Waals surface area (Å²) in [5.41, 5.74) is 12.3. The van der Waals surface area contributed by atoms with Crippen molar-refractivity contribution in [1.82, 2.24) is 19.5 Å². The highest BCUT2D eigenvalue weighted by Crippen LogP contribution is 2.39. The van der Waals surface area contributed by atoms with Crippen LogP contribution in [0.5, 0.6) is 0 Å². The topological polar surface area (TPSA) is 43.6 Å². The van der Waals surface area contributed by atoms with E-state index in [1.807, 2.05) is 18.2 Å². The van der Waals surface area contributed by atoms with Gasteiger partial charge in [0.15, 0.2) is 17.5 Å². The smallest absolute Gasteiger partial charge is 0.174 e. The van der Waals surface area contributed by atoms with Crippen molar-refractivity contribution < 1.29 is 0 Å². The molecule has 0 N–H and O–H groups in total. The summed E-state index contributed by atoms with van der Waals surface area (Å²) >= 11 is 1.70. The number of thiophene rings is 1. The number of hydrogen-bond acceptors (Lipinski definition) is 4.